The molecule has 1 amide bonds. The second kappa shape index (κ2) is 6.32. The first kappa shape index (κ1) is 13.5. The molecule has 1 aliphatic carbocycles. The van der Waals surface area contributed by atoms with Gasteiger partial charge in [-0.05, 0) is 37.3 Å². The van der Waals surface area contributed by atoms with Gasteiger partial charge in [0.2, 0.25) is 0 Å². The molecule has 1 aromatic rings. The number of carbonyl (C=O) groups excluding carboxylic acids is 1. The molecule has 2 rings (SSSR count). The van der Waals surface area contributed by atoms with E-state index in [1.54, 1.807) is 12.4 Å². The summed E-state index contributed by atoms with van der Waals surface area (Å²) >= 11 is 3.55. The first-order valence-corrected chi connectivity index (χ1v) is 7.61. The summed E-state index contributed by atoms with van der Waals surface area (Å²) in [7, 11) is 0. The van der Waals surface area contributed by atoms with E-state index in [0.717, 1.165) is 17.3 Å². The molecule has 1 aromatic heterocycles. The van der Waals surface area contributed by atoms with Crippen molar-refractivity contribution in [2.75, 3.05) is 5.33 Å². The SMILES string of the molecule is Cc1cncc(C(=O)NC2CCCCC2CBr)c1. The summed E-state index contributed by atoms with van der Waals surface area (Å²) in [6.45, 7) is 1.95. The molecule has 4 heteroatoms. The van der Waals surface area contributed by atoms with Gasteiger partial charge in [-0.1, -0.05) is 28.8 Å². The third kappa shape index (κ3) is 3.31. The summed E-state index contributed by atoms with van der Waals surface area (Å²) in [6, 6.07) is 2.18. The third-order valence-electron chi connectivity index (χ3n) is 3.56. The van der Waals surface area contributed by atoms with Crippen LogP contribution in [0.5, 0.6) is 0 Å². The molecule has 1 N–H and O–H groups in total. The maximum Gasteiger partial charge on any atom is 0.253 e. The zero-order chi connectivity index (χ0) is 13.0. The second-order valence-corrected chi connectivity index (χ2v) is 5.68. The van der Waals surface area contributed by atoms with Crippen LogP contribution in [0.1, 0.15) is 41.6 Å². The highest BCUT2D eigenvalue weighted by Gasteiger charge is 2.25. The Morgan fingerprint density at radius 1 is 1.44 bits per heavy atom. The van der Waals surface area contributed by atoms with Gasteiger partial charge in [0.1, 0.15) is 0 Å². The van der Waals surface area contributed by atoms with Crippen LogP contribution >= 0.6 is 15.9 Å². The first-order chi connectivity index (χ1) is 8.70. The molecule has 18 heavy (non-hydrogen) atoms. The molecular formula is C14H19BrN2O. The smallest absolute Gasteiger partial charge is 0.253 e. The average molecular weight is 311 g/mol. The lowest BCUT2D eigenvalue weighted by atomic mass is 9.86. The van der Waals surface area contributed by atoms with Gasteiger partial charge in [0.05, 0.1) is 5.56 Å². The van der Waals surface area contributed by atoms with Gasteiger partial charge < -0.3 is 5.32 Å². The summed E-state index contributed by atoms with van der Waals surface area (Å²) in [5.74, 6) is 0.560. The molecule has 0 radical (unpaired) electrons. The van der Waals surface area contributed by atoms with E-state index < -0.39 is 0 Å². The van der Waals surface area contributed by atoms with Crippen molar-refractivity contribution in [3.63, 3.8) is 0 Å². The van der Waals surface area contributed by atoms with E-state index in [0.29, 0.717) is 17.5 Å². The molecule has 0 saturated heterocycles. The highest BCUT2D eigenvalue weighted by molar-refractivity contribution is 9.09. The Labute approximate surface area is 117 Å². The number of halogens is 1. The number of hydrogen-bond acceptors (Lipinski definition) is 2. The maximum atomic E-state index is 12.2. The predicted octanol–water partition coefficient (Wildman–Crippen LogP) is 3.07. The van der Waals surface area contributed by atoms with E-state index in [1.165, 1.54) is 19.3 Å². The monoisotopic (exact) mass is 310 g/mol. The summed E-state index contributed by atoms with van der Waals surface area (Å²) < 4.78 is 0. The number of nitrogens with one attached hydrogen (secondary N) is 1. The van der Waals surface area contributed by atoms with Crippen molar-refractivity contribution in [1.82, 2.24) is 10.3 Å². The molecule has 98 valence electrons. The first-order valence-electron chi connectivity index (χ1n) is 6.49. The van der Waals surface area contributed by atoms with Gasteiger partial charge in [-0.2, -0.15) is 0 Å². The Hall–Kier alpha value is -0.900. The Morgan fingerprint density at radius 3 is 2.94 bits per heavy atom. The molecule has 0 bridgehead atoms. The van der Waals surface area contributed by atoms with E-state index in [2.05, 4.69) is 26.2 Å². The van der Waals surface area contributed by atoms with E-state index in [4.69, 9.17) is 0 Å². The van der Waals surface area contributed by atoms with Crippen molar-refractivity contribution < 1.29 is 4.79 Å². The van der Waals surface area contributed by atoms with Gasteiger partial charge in [0, 0.05) is 23.8 Å². The van der Waals surface area contributed by atoms with Crippen molar-refractivity contribution in [3.8, 4) is 0 Å². The second-order valence-electron chi connectivity index (χ2n) is 5.03. The van der Waals surface area contributed by atoms with Crippen molar-refractivity contribution in [2.24, 2.45) is 5.92 Å². The number of rotatable bonds is 3. The highest BCUT2D eigenvalue weighted by atomic mass is 79.9. The van der Waals surface area contributed by atoms with E-state index >= 15 is 0 Å². The van der Waals surface area contributed by atoms with Crippen LogP contribution in [0, 0.1) is 12.8 Å². The minimum atomic E-state index is 0.00375. The van der Waals surface area contributed by atoms with Gasteiger partial charge in [-0.3, -0.25) is 9.78 Å². The van der Waals surface area contributed by atoms with Crippen LogP contribution in [0.2, 0.25) is 0 Å². The summed E-state index contributed by atoms with van der Waals surface area (Å²) in [4.78, 5) is 16.2. The number of carbonyl (C=O) groups is 1. The van der Waals surface area contributed by atoms with Crippen LogP contribution in [0.3, 0.4) is 0 Å². The van der Waals surface area contributed by atoms with E-state index in [-0.39, 0.29) is 5.91 Å². The van der Waals surface area contributed by atoms with Crippen molar-refractivity contribution in [3.05, 3.63) is 29.6 Å². The van der Waals surface area contributed by atoms with Gasteiger partial charge in [-0.25, -0.2) is 0 Å². The summed E-state index contributed by atoms with van der Waals surface area (Å²) in [5, 5.41) is 4.12. The molecule has 0 aliphatic heterocycles. The average Bonchev–Trinajstić information content (AvgIpc) is 2.39. The fourth-order valence-electron chi connectivity index (χ4n) is 2.51. The highest BCUT2D eigenvalue weighted by Crippen LogP contribution is 2.26. The topological polar surface area (TPSA) is 42.0 Å². The lowest BCUT2D eigenvalue weighted by Gasteiger charge is -2.30. The number of hydrogen-bond donors (Lipinski definition) is 1. The van der Waals surface area contributed by atoms with E-state index in [1.807, 2.05) is 13.0 Å². The Balaban J connectivity index is 2.02. The van der Waals surface area contributed by atoms with Crippen LogP contribution in [0.15, 0.2) is 18.5 Å². The molecule has 3 nitrogen and oxygen atoms in total. The van der Waals surface area contributed by atoms with Crippen LogP contribution in [0.4, 0.5) is 0 Å². The Kier molecular flexibility index (Phi) is 4.75. The molecule has 2 unspecified atom stereocenters. The predicted molar refractivity (Wildman–Crippen MR) is 76.0 cm³/mol. The fourth-order valence-corrected chi connectivity index (χ4v) is 3.29. The maximum absolute atomic E-state index is 12.2. The number of aromatic nitrogens is 1. The molecule has 1 fully saturated rings. The minimum Gasteiger partial charge on any atom is -0.349 e. The summed E-state index contributed by atoms with van der Waals surface area (Å²) in [5.41, 5.74) is 1.68. The molecule has 0 spiro atoms. The number of nitrogens with zero attached hydrogens (tertiary/aromatic N) is 1. The van der Waals surface area contributed by atoms with E-state index in [9.17, 15) is 4.79 Å². The molecule has 1 saturated carbocycles. The molecule has 0 aromatic carbocycles. The minimum absolute atomic E-state index is 0.00375. The van der Waals surface area contributed by atoms with Gasteiger partial charge in [0.15, 0.2) is 0 Å². The largest absolute Gasteiger partial charge is 0.349 e. The standard InChI is InChI=1S/C14H19BrN2O/c1-10-6-12(9-16-8-10)14(18)17-13-5-3-2-4-11(13)7-15/h6,8-9,11,13H,2-5,7H2,1H3,(H,17,18). The fraction of sp³-hybridized carbons (Fsp3) is 0.571. The normalized spacial score (nSPS) is 23.7. The van der Waals surface area contributed by atoms with Crippen LogP contribution in [-0.4, -0.2) is 22.3 Å². The van der Waals surface area contributed by atoms with Gasteiger partial charge in [-0.15, -0.1) is 0 Å². The third-order valence-corrected chi connectivity index (χ3v) is 4.39. The lowest BCUT2D eigenvalue weighted by Crippen LogP contribution is -2.42. The number of pyridine rings is 1. The van der Waals surface area contributed by atoms with Crippen LogP contribution < -0.4 is 5.32 Å². The van der Waals surface area contributed by atoms with Gasteiger partial charge in [0.25, 0.3) is 5.91 Å². The van der Waals surface area contributed by atoms with Crippen LogP contribution in [-0.2, 0) is 0 Å². The van der Waals surface area contributed by atoms with Gasteiger partial charge >= 0.3 is 0 Å². The zero-order valence-electron chi connectivity index (χ0n) is 10.7. The Bertz CT molecular complexity index is 422. The van der Waals surface area contributed by atoms with Crippen molar-refractivity contribution >= 4 is 21.8 Å². The van der Waals surface area contributed by atoms with Crippen LogP contribution in [0.25, 0.3) is 0 Å². The van der Waals surface area contributed by atoms with Crippen molar-refractivity contribution in [1.29, 1.82) is 0 Å². The molecule has 2 atom stereocenters. The molecular weight excluding hydrogens is 292 g/mol. The Morgan fingerprint density at radius 2 is 2.22 bits per heavy atom. The molecule has 1 aliphatic rings. The quantitative estimate of drug-likeness (QED) is 0.872. The molecule has 1 heterocycles. The number of alkyl halides is 1. The number of aryl methyl sites for hydroxylation is 1. The lowest BCUT2D eigenvalue weighted by molar-refractivity contribution is 0.0911. The summed E-state index contributed by atoms with van der Waals surface area (Å²) in [6.07, 6.45) is 8.16. The zero-order valence-corrected chi connectivity index (χ0v) is 12.2. The van der Waals surface area contributed by atoms with Crippen molar-refractivity contribution in [2.45, 2.75) is 38.6 Å². The number of amides is 1.